The number of rotatable bonds is 6. The number of benzene rings is 3. The molecule has 26 heavy (non-hydrogen) atoms. The number of fused-ring (bicyclic) bond motifs is 1. The molecule has 0 radical (unpaired) electrons. The minimum absolute atomic E-state index is 0.00314. The van der Waals surface area contributed by atoms with Gasteiger partial charge in [0.25, 0.3) is 5.91 Å². The van der Waals surface area contributed by atoms with Crippen LogP contribution in [0.1, 0.15) is 40.9 Å². The average Bonchev–Trinajstić information content (AvgIpc) is 2.66. The van der Waals surface area contributed by atoms with Gasteiger partial charge in [-0.3, -0.25) is 9.59 Å². The van der Waals surface area contributed by atoms with Gasteiger partial charge in [0.05, 0.1) is 6.04 Å². The number of nitrogens with one attached hydrogen (secondary N) is 1. The van der Waals surface area contributed by atoms with Crippen LogP contribution in [0.2, 0.25) is 0 Å². The van der Waals surface area contributed by atoms with Crippen LogP contribution in [-0.2, 0) is 11.2 Å². The van der Waals surface area contributed by atoms with Crippen molar-refractivity contribution in [1.82, 2.24) is 5.32 Å². The number of hydrogen-bond donors (Lipinski definition) is 2. The molecule has 3 aromatic rings. The third kappa shape index (κ3) is 3.91. The Morgan fingerprint density at radius 2 is 1.65 bits per heavy atom. The van der Waals surface area contributed by atoms with Crippen LogP contribution < -0.4 is 5.32 Å². The topological polar surface area (TPSA) is 66.4 Å². The largest absolute Gasteiger partial charge is 0.481 e. The van der Waals surface area contributed by atoms with Crippen LogP contribution in [0.25, 0.3) is 10.8 Å². The molecule has 0 bridgehead atoms. The van der Waals surface area contributed by atoms with Gasteiger partial charge in [-0.05, 0) is 41.3 Å². The van der Waals surface area contributed by atoms with Gasteiger partial charge < -0.3 is 10.4 Å². The number of carboxylic acid groups (broad SMARTS) is 1. The van der Waals surface area contributed by atoms with Crippen LogP contribution in [0.15, 0.2) is 66.7 Å². The molecular formula is C22H21NO3. The van der Waals surface area contributed by atoms with E-state index in [0.29, 0.717) is 12.0 Å². The van der Waals surface area contributed by atoms with Crippen LogP contribution in [0, 0.1) is 0 Å². The smallest absolute Gasteiger partial charge is 0.303 e. The van der Waals surface area contributed by atoms with Gasteiger partial charge in [0.2, 0.25) is 0 Å². The maximum Gasteiger partial charge on any atom is 0.303 e. The molecule has 0 aliphatic rings. The van der Waals surface area contributed by atoms with Gasteiger partial charge >= 0.3 is 5.97 Å². The van der Waals surface area contributed by atoms with E-state index in [9.17, 15) is 9.59 Å². The van der Waals surface area contributed by atoms with E-state index in [1.165, 1.54) is 0 Å². The molecular weight excluding hydrogens is 326 g/mol. The van der Waals surface area contributed by atoms with Gasteiger partial charge in [-0.15, -0.1) is 0 Å². The Morgan fingerprint density at radius 3 is 2.46 bits per heavy atom. The molecule has 1 unspecified atom stereocenters. The van der Waals surface area contributed by atoms with E-state index in [1.54, 1.807) is 18.2 Å². The van der Waals surface area contributed by atoms with E-state index in [1.807, 2.05) is 43.3 Å². The van der Waals surface area contributed by atoms with Crippen molar-refractivity contribution in [2.24, 2.45) is 0 Å². The standard InChI is InChI=1S/C22H21NO3/c1-15(18-12-6-9-16-7-2-4-10-19(16)18)23-22(26)20-11-5-3-8-17(20)13-14-21(24)25/h2-12,15H,13-14H2,1H3,(H,23,26)(H,24,25). The van der Waals surface area contributed by atoms with Crippen LogP contribution in [0.4, 0.5) is 0 Å². The molecule has 132 valence electrons. The van der Waals surface area contributed by atoms with E-state index in [2.05, 4.69) is 17.4 Å². The molecule has 4 heteroatoms. The fourth-order valence-corrected chi connectivity index (χ4v) is 3.18. The van der Waals surface area contributed by atoms with E-state index in [0.717, 1.165) is 21.9 Å². The lowest BCUT2D eigenvalue weighted by atomic mass is 9.98. The zero-order chi connectivity index (χ0) is 18.5. The second-order valence-corrected chi connectivity index (χ2v) is 6.31. The maximum atomic E-state index is 12.8. The Bertz CT molecular complexity index is 944. The second-order valence-electron chi connectivity index (χ2n) is 6.31. The zero-order valence-corrected chi connectivity index (χ0v) is 14.6. The lowest BCUT2D eigenvalue weighted by molar-refractivity contribution is -0.136. The van der Waals surface area contributed by atoms with Crippen molar-refractivity contribution in [1.29, 1.82) is 0 Å². The summed E-state index contributed by atoms with van der Waals surface area (Å²) >= 11 is 0. The molecule has 2 N–H and O–H groups in total. The molecule has 3 rings (SSSR count). The normalized spacial score (nSPS) is 11.9. The molecule has 0 spiro atoms. The molecule has 3 aromatic carbocycles. The second kappa shape index (κ2) is 7.83. The summed E-state index contributed by atoms with van der Waals surface area (Å²) in [7, 11) is 0. The Balaban J connectivity index is 1.82. The van der Waals surface area contributed by atoms with Gasteiger partial charge in [0.15, 0.2) is 0 Å². The minimum Gasteiger partial charge on any atom is -0.481 e. The number of aryl methyl sites for hydroxylation is 1. The number of amides is 1. The summed E-state index contributed by atoms with van der Waals surface area (Å²) in [5.41, 5.74) is 2.33. The van der Waals surface area contributed by atoms with Gasteiger partial charge in [-0.2, -0.15) is 0 Å². The third-order valence-corrected chi connectivity index (χ3v) is 4.51. The number of carbonyl (C=O) groups excluding carboxylic acids is 1. The number of carboxylic acids is 1. The Labute approximate surface area is 152 Å². The molecule has 0 aliphatic heterocycles. The molecule has 0 saturated heterocycles. The molecule has 4 nitrogen and oxygen atoms in total. The van der Waals surface area contributed by atoms with Crippen LogP contribution in [0.5, 0.6) is 0 Å². The Kier molecular flexibility index (Phi) is 5.32. The first-order valence-corrected chi connectivity index (χ1v) is 8.64. The number of carbonyl (C=O) groups is 2. The highest BCUT2D eigenvalue weighted by molar-refractivity contribution is 5.96. The van der Waals surface area contributed by atoms with Gasteiger partial charge in [-0.1, -0.05) is 60.7 Å². The first-order chi connectivity index (χ1) is 12.6. The summed E-state index contributed by atoms with van der Waals surface area (Å²) in [5, 5.41) is 14.2. The van der Waals surface area contributed by atoms with Crippen LogP contribution in [-0.4, -0.2) is 17.0 Å². The quantitative estimate of drug-likeness (QED) is 0.697. The molecule has 0 heterocycles. The van der Waals surface area contributed by atoms with Crippen molar-refractivity contribution in [3.8, 4) is 0 Å². The van der Waals surface area contributed by atoms with Crippen molar-refractivity contribution < 1.29 is 14.7 Å². The molecule has 0 aromatic heterocycles. The van der Waals surface area contributed by atoms with E-state index < -0.39 is 5.97 Å². The predicted molar refractivity (Wildman–Crippen MR) is 102 cm³/mol. The van der Waals surface area contributed by atoms with E-state index in [4.69, 9.17) is 5.11 Å². The molecule has 0 saturated carbocycles. The zero-order valence-electron chi connectivity index (χ0n) is 14.6. The van der Waals surface area contributed by atoms with Gasteiger partial charge in [0.1, 0.15) is 0 Å². The fraction of sp³-hybridized carbons (Fsp3) is 0.182. The monoisotopic (exact) mass is 347 g/mol. The number of aliphatic carboxylic acids is 1. The highest BCUT2D eigenvalue weighted by Gasteiger charge is 2.16. The highest BCUT2D eigenvalue weighted by atomic mass is 16.4. The first kappa shape index (κ1) is 17.7. The van der Waals surface area contributed by atoms with Crippen molar-refractivity contribution >= 4 is 22.6 Å². The highest BCUT2D eigenvalue weighted by Crippen LogP contribution is 2.24. The molecule has 0 fully saturated rings. The maximum absolute atomic E-state index is 12.8. The number of hydrogen-bond acceptors (Lipinski definition) is 2. The lowest BCUT2D eigenvalue weighted by Gasteiger charge is -2.18. The molecule has 0 aliphatic carbocycles. The van der Waals surface area contributed by atoms with Crippen LogP contribution >= 0.6 is 0 Å². The average molecular weight is 347 g/mol. The lowest BCUT2D eigenvalue weighted by Crippen LogP contribution is -2.27. The predicted octanol–water partition coefficient (Wildman–Crippen LogP) is 4.35. The van der Waals surface area contributed by atoms with Crippen molar-refractivity contribution in [2.45, 2.75) is 25.8 Å². The summed E-state index contributed by atoms with van der Waals surface area (Å²) in [6.45, 7) is 1.96. The summed E-state index contributed by atoms with van der Waals surface area (Å²) in [5.74, 6) is -1.06. The summed E-state index contributed by atoms with van der Waals surface area (Å²) in [4.78, 5) is 23.6. The first-order valence-electron chi connectivity index (χ1n) is 8.64. The summed E-state index contributed by atoms with van der Waals surface area (Å²) < 4.78 is 0. The SMILES string of the molecule is CC(NC(=O)c1ccccc1CCC(=O)O)c1cccc2ccccc12. The van der Waals surface area contributed by atoms with Gasteiger partial charge in [0, 0.05) is 12.0 Å². The van der Waals surface area contributed by atoms with Crippen LogP contribution in [0.3, 0.4) is 0 Å². The summed E-state index contributed by atoms with van der Waals surface area (Å²) in [6, 6.07) is 21.1. The van der Waals surface area contributed by atoms with Crippen molar-refractivity contribution in [3.05, 3.63) is 83.4 Å². The molecule has 1 amide bonds. The molecule has 1 atom stereocenters. The van der Waals surface area contributed by atoms with Crippen molar-refractivity contribution in [2.75, 3.05) is 0 Å². The summed E-state index contributed by atoms with van der Waals surface area (Å²) in [6.07, 6.45) is 0.338. The van der Waals surface area contributed by atoms with E-state index >= 15 is 0 Å². The van der Waals surface area contributed by atoms with Gasteiger partial charge in [-0.25, -0.2) is 0 Å². The van der Waals surface area contributed by atoms with Crippen molar-refractivity contribution in [3.63, 3.8) is 0 Å². The Hall–Kier alpha value is -3.14. The Morgan fingerprint density at radius 1 is 0.962 bits per heavy atom. The fourth-order valence-electron chi connectivity index (χ4n) is 3.18. The minimum atomic E-state index is -0.871. The van der Waals surface area contributed by atoms with E-state index in [-0.39, 0.29) is 18.4 Å². The third-order valence-electron chi connectivity index (χ3n) is 4.51.